The summed E-state index contributed by atoms with van der Waals surface area (Å²) in [4.78, 5) is -0.114. The summed E-state index contributed by atoms with van der Waals surface area (Å²) in [6.07, 6.45) is -3.92. The molecule has 0 aromatic heterocycles. The fourth-order valence-corrected chi connectivity index (χ4v) is 2.21. The van der Waals surface area contributed by atoms with Gasteiger partial charge in [-0.25, -0.2) is 13.6 Å². The lowest BCUT2D eigenvalue weighted by atomic mass is 10.0. The van der Waals surface area contributed by atoms with Crippen LogP contribution in [0, 0.1) is 0 Å². The first kappa shape index (κ1) is 15.9. The van der Waals surface area contributed by atoms with Gasteiger partial charge in [0.05, 0.1) is 11.4 Å². The second-order valence-corrected chi connectivity index (χ2v) is 5.64. The molecule has 0 amide bonds. The third-order valence-corrected chi connectivity index (χ3v) is 3.46. The summed E-state index contributed by atoms with van der Waals surface area (Å²) in [7, 11) is -3.86. The number of alkyl halides is 3. The summed E-state index contributed by atoms with van der Waals surface area (Å²) in [5, 5.41) is 7.33. The highest BCUT2D eigenvalue weighted by Gasteiger charge is 2.28. The molecule has 0 aliphatic carbocycles. The fourth-order valence-electron chi connectivity index (χ4n) is 1.65. The van der Waals surface area contributed by atoms with Crippen molar-refractivity contribution in [3.63, 3.8) is 0 Å². The highest BCUT2D eigenvalue weighted by molar-refractivity contribution is 7.89. The van der Waals surface area contributed by atoms with Crippen LogP contribution in [-0.4, -0.2) is 21.1 Å². The Morgan fingerprint density at radius 1 is 1.37 bits per heavy atom. The normalized spacial score (nSPS) is 14.4. The molecule has 1 aromatic carbocycles. The van der Waals surface area contributed by atoms with Crippen LogP contribution in [0.25, 0.3) is 0 Å². The minimum Gasteiger partial charge on any atom is -0.302 e. The molecule has 0 aliphatic heterocycles. The molecule has 1 atom stereocenters. The average Bonchev–Trinajstić information content (AvgIpc) is 2.27. The monoisotopic (exact) mass is 296 g/mol. The standard InChI is InChI=1S/C11H15F3N2O2S/c1-2-10(16-7-11(12,13)14)8-4-3-5-9(6-8)19(15,17)18/h3-6,10,16H,2,7H2,1H3,(H2,15,17,18). The van der Waals surface area contributed by atoms with Gasteiger partial charge in [0.15, 0.2) is 0 Å². The van der Waals surface area contributed by atoms with Gasteiger partial charge in [-0.3, -0.25) is 0 Å². The van der Waals surface area contributed by atoms with Crippen molar-refractivity contribution >= 4 is 10.0 Å². The van der Waals surface area contributed by atoms with E-state index in [0.29, 0.717) is 12.0 Å². The third kappa shape index (κ3) is 5.17. The zero-order valence-corrected chi connectivity index (χ0v) is 11.1. The molecule has 108 valence electrons. The molecular weight excluding hydrogens is 281 g/mol. The number of hydrogen-bond donors (Lipinski definition) is 2. The van der Waals surface area contributed by atoms with E-state index in [2.05, 4.69) is 5.32 Å². The van der Waals surface area contributed by atoms with E-state index in [1.807, 2.05) is 0 Å². The molecule has 0 radical (unpaired) electrons. The zero-order chi connectivity index (χ0) is 14.7. The van der Waals surface area contributed by atoms with Gasteiger partial charge in [-0.1, -0.05) is 19.1 Å². The van der Waals surface area contributed by atoms with Gasteiger partial charge in [-0.05, 0) is 24.1 Å². The number of sulfonamides is 1. The molecule has 8 heteroatoms. The van der Waals surface area contributed by atoms with Gasteiger partial charge in [0.1, 0.15) is 0 Å². The van der Waals surface area contributed by atoms with Crippen molar-refractivity contribution in [1.82, 2.24) is 5.32 Å². The van der Waals surface area contributed by atoms with Crippen LogP contribution in [0.3, 0.4) is 0 Å². The molecule has 4 nitrogen and oxygen atoms in total. The average molecular weight is 296 g/mol. The van der Waals surface area contributed by atoms with Crippen LogP contribution in [-0.2, 0) is 10.0 Å². The van der Waals surface area contributed by atoms with Gasteiger partial charge in [0.2, 0.25) is 10.0 Å². The van der Waals surface area contributed by atoms with Crippen molar-refractivity contribution < 1.29 is 21.6 Å². The molecular formula is C11H15F3N2O2S. The van der Waals surface area contributed by atoms with Crippen molar-refractivity contribution in [2.24, 2.45) is 5.14 Å². The minimum atomic E-state index is -4.31. The van der Waals surface area contributed by atoms with Gasteiger partial charge in [-0.15, -0.1) is 0 Å². The molecule has 0 heterocycles. The molecule has 0 aliphatic rings. The number of primary sulfonamides is 1. The first-order valence-corrected chi connectivity index (χ1v) is 7.11. The van der Waals surface area contributed by atoms with Crippen LogP contribution in [0.4, 0.5) is 13.2 Å². The second-order valence-electron chi connectivity index (χ2n) is 4.07. The summed E-state index contributed by atoms with van der Waals surface area (Å²) in [6, 6.07) is 5.02. The van der Waals surface area contributed by atoms with E-state index >= 15 is 0 Å². The van der Waals surface area contributed by atoms with Crippen LogP contribution < -0.4 is 10.5 Å². The Labute approximate surface area is 109 Å². The van der Waals surface area contributed by atoms with Gasteiger partial charge in [-0.2, -0.15) is 13.2 Å². The number of nitrogens with one attached hydrogen (secondary N) is 1. The maximum atomic E-state index is 12.2. The van der Waals surface area contributed by atoms with Gasteiger partial charge >= 0.3 is 6.18 Å². The van der Waals surface area contributed by atoms with Crippen molar-refractivity contribution in [1.29, 1.82) is 0 Å². The molecule has 3 N–H and O–H groups in total. The first-order valence-electron chi connectivity index (χ1n) is 5.56. The largest absolute Gasteiger partial charge is 0.401 e. The number of halogens is 3. The smallest absolute Gasteiger partial charge is 0.302 e. The highest BCUT2D eigenvalue weighted by atomic mass is 32.2. The van der Waals surface area contributed by atoms with E-state index < -0.39 is 28.8 Å². The van der Waals surface area contributed by atoms with Gasteiger partial charge in [0.25, 0.3) is 0 Å². The van der Waals surface area contributed by atoms with Crippen molar-refractivity contribution in [3.05, 3.63) is 29.8 Å². The molecule has 0 bridgehead atoms. The van der Waals surface area contributed by atoms with E-state index in [4.69, 9.17) is 5.14 Å². The van der Waals surface area contributed by atoms with Gasteiger partial charge < -0.3 is 5.32 Å². The second kappa shape index (κ2) is 5.89. The van der Waals surface area contributed by atoms with Crippen molar-refractivity contribution in [3.8, 4) is 0 Å². The van der Waals surface area contributed by atoms with Crippen LogP contribution in [0.5, 0.6) is 0 Å². The summed E-state index contributed by atoms with van der Waals surface area (Å²) in [6.45, 7) is 0.572. The number of rotatable bonds is 5. The minimum absolute atomic E-state index is 0.114. The van der Waals surface area contributed by atoms with Crippen molar-refractivity contribution in [2.75, 3.05) is 6.54 Å². The van der Waals surface area contributed by atoms with E-state index in [0.717, 1.165) is 0 Å². The van der Waals surface area contributed by atoms with E-state index in [9.17, 15) is 21.6 Å². The fraction of sp³-hybridized carbons (Fsp3) is 0.455. The van der Waals surface area contributed by atoms with Crippen molar-refractivity contribution in [2.45, 2.75) is 30.5 Å². The maximum Gasteiger partial charge on any atom is 0.401 e. The van der Waals surface area contributed by atoms with Crippen LogP contribution in [0.15, 0.2) is 29.2 Å². The molecule has 0 saturated heterocycles. The number of benzene rings is 1. The quantitative estimate of drug-likeness (QED) is 0.872. The molecule has 1 unspecified atom stereocenters. The maximum absolute atomic E-state index is 12.2. The summed E-state index contributed by atoms with van der Waals surface area (Å²) in [5.74, 6) is 0. The van der Waals surface area contributed by atoms with E-state index in [-0.39, 0.29) is 4.90 Å². The third-order valence-electron chi connectivity index (χ3n) is 2.55. The Hall–Kier alpha value is -1.12. The molecule has 1 aromatic rings. The molecule has 1 rings (SSSR count). The molecule has 19 heavy (non-hydrogen) atoms. The lowest BCUT2D eigenvalue weighted by Crippen LogP contribution is -2.32. The molecule has 0 spiro atoms. The Bertz CT molecular complexity index is 529. The SMILES string of the molecule is CCC(NCC(F)(F)F)c1cccc(S(N)(=O)=O)c1. The Kier molecular flexibility index (Phi) is 4.94. The zero-order valence-electron chi connectivity index (χ0n) is 10.2. The van der Waals surface area contributed by atoms with E-state index in [1.54, 1.807) is 13.0 Å². The van der Waals surface area contributed by atoms with Gasteiger partial charge in [0, 0.05) is 6.04 Å². The Morgan fingerprint density at radius 2 is 2.00 bits per heavy atom. The Morgan fingerprint density at radius 3 is 2.47 bits per heavy atom. The topological polar surface area (TPSA) is 72.2 Å². The summed E-state index contributed by atoms with van der Waals surface area (Å²) >= 11 is 0. The van der Waals surface area contributed by atoms with Crippen LogP contribution >= 0.6 is 0 Å². The predicted octanol–water partition coefficient (Wildman–Crippen LogP) is 1.94. The van der Waals surface area contributed by atoms with E-state index in [1.165, 1.54) is 18.2 Å². The number of nitrogens with two attached hydrogens (primary N) is 1. The van der Waals surface area contributed by atoms with Crippen LogP contribution in [0.1, 0.15) is 24.9 Å². The summed E-state index contributed by atoms with van der Waals surface area (Å²) < 4.78 is 58.9. The predicted molar refractivity (Wildman–Crippen MR) is 64.9 cm³/mol. The number of hydrogen-bond acceptors (Lipinski definition) is 3. The Balaban J connectivity index is 2.93. The lowest BCUT2D eigenvalue weighted by molar-refractivity contribution is -0.126. The van der Waals surface area contributed by atoms with Crippen LogP contribution in [0.2, 0.25) is 0 Å². The highest BCUT2D eigenvalue weighted by Crippen LogP contribution is 2.21. The lowest BCUT2D eigenvalue weighted by Gasteiger charge is -2.19. The molecule has 0 fully saturated rings. The first-order chi connectivity index (χ1) is 8.63. The molecule has 0 saturated carbocycles. The summed E-state index contributed by atoms with van der Waals surface area (Å²) in [5.41, 5.74) is 0.457.